The lowest BCUT2D eigenvalue weighted by Gasteiger charge is -2.35. The maximum atomic E-state index is 12.9. The van der Waals surface area contributed by atoms with E-state index in [0.29, 0.717) is 29.5 Å². The zero-order chi connectivity index (χ0) is 20.8. The summed E-state index contributed by atoms with van der Waals surface area (Å²) in [5, 5.41) is 8.93. The van der Waals surface area contributed by atoms with E-state index in [0.717, 1.165) is 5.69 Å². The fourth-order valence-electron chi connectivity index (χ4n) is 3.41. The monoisotopic (exact) mass is 428 g/mol. The molecule has 2 aromatic rings. The Kier molecular flexibility index (Phi) is 5.57. The number of hydrogen-bond donors (Lipinski definition) is 0. The lowest BCUT2D eigenvalue weighted by Crippen LogP contribution is -2.52. The van der Waals surface area contributed by atoms with Crippen molar-refractivity contribution in [1.82, 2.24) is 28.8 Å². The van der Waals surface area contributed by atoms with Crippen molar-refractivity contribution in [2.75, 3.05) is 26.2 Å². The van der Waals surface area contributed by atoms with E-state index in [-0.39, 0.29) is 23.9 Å². The summed E-state index contributed by atoms with van der Waals surface area (Å²) in [7, 11) is -1.92. The highest BCUT2D eigenvalue weighted by molar-refractivity contribution is 7.89. The average Bonchev–Trinajstić information content (AvgIpc) is 3.14. The first-order valence-corrected chi connectivity index (χ1v) is 10.9. The van der Waals surface area contributed by atoms with Crippen molar-refractivity contribution in [3.63, 3.8) is 0 Å². The Balaban J connectivity index is 1.70. The van der Waals surface area contributed by atoms with Gasteiger partial charge in [0.15, 0.2) is 0 Å². The van der Waals surface area contributed by atoms with Crippen LogP contribution in [0.2, 0.25) is 5.02 Å². The Labute approximate surface area is 169 Å². The molecule has 11 heteroatoms. The van der Waals surface area contributed by atoms with Gasteiger partial charge in [0, 0.05) is 33.2 Å². The Hall–Kier alpha value is -1.91. The van der Waals surface area contributed by atoms with Gasteiger partial charge < -0.3 is 4.90 Å². The van der Waals surface area contributed by atoms with E-state index >= 15 is 0 Å². The maximum absolute atomic E-state index is 12.9. The largest absolute Gasteiger partial charge is 0.338 e. The van der Waals surface area contributed by atoms with Crippen molar-refractivity contribution in [2.24, 2.45) is 7.05 Å². The molecule has 154 valence electrons. The fraction of sp³-hybridized carbons (Fsp3) is 0.588. The molecule has 1 amide bonds. The third kappa shape index (κ3) is 3.44. The number of aryl methyl sites for hydroxylation is 2. The third-order valence-corrected chi connectivity index (χ3v) is 7.87. The third-order valence-electron chi connectivity index (χ3n) is 5.32. The van der Waals surface area contributed by atoms with Crippen LogP contribution in [0.4, 0.5) is 0 Å². The summed E-state index contributed by atoms with van der Waals surface area (Å²) in [4.78, 5) is 14.8. The molecule has 1 atom stereocenters. The van der Waals surface area contributed by atoms with Crippen molar-refractivity contribution < 1.29 is 13.2 Å². The zero-order valence-corrected chi connectivity index (χ0v) is 18.2. The highest BCUT2D eigenvalue weighted by atomic mass is 35.5. The number of carbonyl (C=O) groups excluding carboxylic acids is 1. The van der Waals surface area contributed by atoms with Gasteiger partial charge in [0.1, 0.15) is 10.9 Å². The summed E-state index contributed by atoms with van der Waals surface area (Å²) >= 11 is 6.19. The van der Waals surface area contributed by atoms with E-state index in [1.165, 1.54) is 15.2 Å². The van der Waals surface area contributed by atoms with Crippen LogP contribution in [-0.2, 0) is 21.9 Å². The molecule has 28 heavy (non-hydrogen) atoms. The van der Waals surface area contributed by atoms with Crippen molar-refractivity contribution in [2.45, 2.75) is 38.6 Å². The van der Waals surface area contributed by atoms with Gasteiger partial charge in [-0.25, -0.2) is 8.42 Å². The molecule has 0 radical (unpaired) electrons. The lowest BCUT2D eigenvalue weighted by atomic mass is 10.2. The predicted molar refractivity (Wildman–Crippen MR) is 105 cm³/mol. The van der Waals surface area contributed by atoms with E-state index in [1.54, 1.807) is 37.4 Å². The Morgan fingerprint density at radius 3 is 2.21 bits per heavy atom. The molecule has 3 heterocycles. The van der Waals surface area contributed by atoms with Crippen LogP contribution in [0, 0.1) is 20.8 Å². The van der Waals surface area contributed by atoms with Crippen LogP contribution in [0.3, 0.4) is 0 Å². The van der Waals surface area contributed by atoms with Crippen molar-refractivity contribution in [3.8, 4) is 0 Å². The molecule has 3 rings (SSSR count). The summed E-state index contributed by atoms with van der Waals surface area (Å²) in [6.45, 7) is 8.27. The van der Waals surface area contributed by atoms with Gasteiger partial charge in [-0.2, -0.15) is 14.5 Å². The quantitative estimate of drug-likeness (QED) is 0.731. The second-order valence-corrected chi connectivity index (χ2v) is 9.34. The summed E-state index contributed by atoms with van der Waals surface area (Å²) in [5.74, 6) is -0.100. The van der Waals surface area contributed by atoms with Crippen LogP contribution < -0.4 is 0 Å². The van der Waals surface area contributed by atoms with Crippen LogP contribution in [-0.4, -0.2) is 69.3 Å². The molecule has 1 aliphatic heterocycles. The number of nitrogens with zero attached hydrogens (tertiary/aromatic N) is 6. The first kappa shape index (κ1) is 20.8. The topological polar surface area (TPSA) is 93.3 Å². The van der Waals surface area contributed by atoms with Crippen LogP contribution in [0.5, 0.6) is 0 Å². The van der Waals surface area contributed by atoms with E-state index in [4.69, 9.17) is 11.6 Å². The first-order valence-electron chi connectivity index (χ1n) is 9.04. The van der Waals surface area contributed by atoms with Crippen molar-refractivity contribution >= 4 is 27.5 Å². The van der Waals surface area contributed by atoms with E-state index in [2.05, 4.69) is 10.2 Å². The van der Waals surface area contributed by atoms with Gasteiger partial charge >= 0.3 is 0 Å². The molecule has 0 aromatic carbocycles. The molecule has 2 aromatic heterocycles. The van der Waals surface area contributed by atoms with E-state index < -0.39 is 16.1 Å². The number of carbonyl (C=O) groups is 1. The van der Waals surface area contributed by atoms with Gasteiger partial charge in [0.05, 0.1) is 28.3 Å². The Morgan fingerprint density at radius 2 is 1.75 bits per heavy atom. The number of amides is 1. The molecule has 9 nitrogen and oxygen atoms in total. The molecule has 1 saturated heterocycles. The minimum Gasteiger partial charge on any atom is -0.338 e. The Morgan fingerprint density at radius 1 is 1.14 bits per heavy atom. The molecule has 1 unspecified atom stereocenters. The summed E-state index contributed by atoms with van der Waals surface area (Å²) in [6.07, 6.45) is 1.37. The van der Waals surface area contributed by atoms with Gasteiger partial charge in [-0.15, -0.1) is 0 Å². The van der Waals surface area contributed by atoms with Gasteiger partial charge in [0.25, 0.3) is 0 Å². The summed E-state index contributed by atoms with van der Waals surface area (Å²) in [5.41, 5.74) is 2.02. The lowest BCUT2D eigenvalue weighted by molar-refractivity contribution is -0.135. The van der Waals surface area contributed by atoms with E-state index in [1.807, 2.05) is 6.92 Å². The molecular weight excluding hydrogens is 404 g/mol. The molecule has 0 aliphatic carbocycles. The predicted octanol–water partition coefficient (Wildman–Crippen LogP) is 1.29. The summed E-state index contributed by atoms with van der Waals surface area (Å²) in [6, 6.07) is -0.505. The number of piperazine rings is 1. The smallest absolute Gasteiger partial charge is 0.247 e. The number of rotatable bonds is 4. The van der Waals surface area contributed by atoms with Gasteiger partial charge in [-0.1, -0.05) is 11.6 Å². The maximum Gasteiger partial charge on any atom is 0.247 e. The number of sulfonamides is 1. The van der Waals surface area contributed by atoms with Gasteiger partial charge in [-0.3, -0.25) is 14.2 Å². The highest BCUT2D eigenvalue weighted by Crippen LogP contribution is 2.24. The van der Waals surface area contributed by atoms with Crippen molar-refractivity contribution in [1.29, 1.82) is 0 Å². The van der Waals surface area contributed by atoms with Gasteiger partial charge in [-0.05, 0) is 27.7 Å². The zero-order valence-electron chi connectivity index (χ0n) is 16.7. The van der Waals surface area contributed by atoms with E-state index in [9.17, 15) is 13.2 Å². The second-order valence-electron chi connectivity index (χ2n) is 7.05. The molecular formula is C17H25ClN6O3S. The summed E-state index contributed by atoms with van der Waals surface area (Å²) < 4.78 is 30.3. The standard InChI is InChI=1S/C17H25ClN6O3S/c1-11-16(18)13(3)24(20-11)14(4)17(25)22-6-8-23(9-7-22)28(26,27)15-10-19-21(5)12(15)2/h10,14H,6-9H2,1-5H3. The van der Waals surface area contributed by atoms with Crippen LogP contribution in [0.25, 0.3) is 0 Å². The minimum atomic E-state index is -3.63. The van der Waals surface area contributed by atoms with Crippen LogP contribution in [0.15, 0.2) is 11.1 Å². The van der Waals surface area contributed by atoms with Gasteiger partial charge in [0.2, 0.25) is 15.9 Å². The minimum absolute atomic E-state index is 0.100. The molecule has 0 spiro atoms. The normalized spacial score (nSPS) is 17.1. The fourth-order valence-corrected chi connectivity index (χ4v) is 5.14. The molecule has 0 bridgehead atoms. The number of aromatic nitrogens is 4. The molecule has 1 aliphatic rings. The number of halogens is 1. The van der Waals surface area contributed by atoms with Crippen molar-refractivity contribution in [3.05, 3.63) is 28.3 Å². The van der Waals surface area contributed by atoms with Crippen LogP contribution >= 0.6 is 11.6 Å². The highest BCUT2D eigenvalue weighted by Gasteiger charge is 2.34. The molecule has 0 N–H and O–H groups in total. The molecule has 0 saturated carbocycles. The second kappa shape index (κ2) is 7.49. The first-order chi connectivity index (χ1) is 13.1. The average molecular weight is 429 g/mol. The molecule has 1 fully saturated rings. The number of hydrogen-bond acceptors (Lipinski definition) is 5. The Bertz CT molecular complexity index is 1000. The van der Waals surface area contributed by atoms with Crippen LogP contribution in [0.1, 0.15) is 30.0 Å². The SMILES string of the molecule is Cc1nn(C(C)C(=O)N2CCN(S(=O)(=O)c3cnn(C)c3C)CC2)c(C)c1Cl.